The van der Waals surface area contributed by atoms with Gasteiger partial charge in [0.15, 0.2) is 5.78 Å². The lowest BCUT2D eigenvalue weighted by atomic mass is 9.78. The molecule has 0 radical (unpaired) electrons. The van der Waals surface area contributed by atoms with Crippen molar-refractivity contribution in [1.82, 2.24) is 14.8 Å². The van der Waals surface area contributed by atoms with E-state index >= 15 is 0 Å². The van der Waals surface area contributed by atoms with Crippen LogP contribution in [0.1, 0.15) is 35.9 Å². The lowest BCUT2D eigenvalue weighted by molar-refractivity contribution is -0.116. The van der Waals surface area contributed by atoms with E-state index in [-0.39, 0.29) is 23.5 Å². The first kappa shape index (κ1) is 17.5. The first-order valence-electron chi connectivity index (χ1n) is 9.49. The van der Waals surface area contributed by atoms with Crippen molar-refractivity contribution >= 4 is 11.7 Å². The van der Waals surface area contributed by atoms with Crippen molar-refractivity contribution in [3.8, 4) is 11.5 Å². The van der Waals surface area contributed by atoms with E-state index in [2.05, 4.69) is 15.4 Å². The molecule has 2 aromatic carbocycles. The van der Waals surface area contributed by atoms with Crippen LogP contribution in [0, 0.1) is 0 Å². The molecule has 2 N–H and O–H groups in total. The number of ether oxygens (including phenoxy) is 1. The molecule has 2 heterocycles. The van der Waals surface area contributed by atoms with Gasteiger partial charge in [-0.05, 0) is 47.7 Å². The molecule has 0 amide bonds. The van der Waals surface area contributed by atoms with Gasteiger partial charge < -0.3 is 15.2 Å². The van der Waals surface area contributed by atoms with Crippen LogP contribution in [-0.2, 0) is 4.79 Å². The number of aromatic hydroxyl groups is 1. The van der Waals surface area contributed by atoms with Crippen LogP contribution >= 0.6 is 0 Å². The van der Waals surface area contributed by atoms with Crippen LogP contribution in [0.15, 0.2) is 66.1 Å². The molecular weight excluding hydrogens is 368 g/mol. The van der Waals surface area contributed by atoms with Crippen molar-refractivity contribution in [2.75, 3.05) is 12.4 Å². The Bertz CT molecular complexity index is 1100. The highest BCUT2D eigenvalue weighted by atomic mass is 16.5. The van der Waals surface area contributed by atoms with Crippen molar-refractivity contribution in [2.24, 2.45) is 0 Å². The number of hydrogen-bond donors (Lipinski definition) is 2. The highest BCUT2D eigenvalue weighted by Crippen LogP contribution is 2.44. The maximum absolute atomic E-state index is 13.3. The largest absolute Gasteiger partial charge is 0.508 e. The molecule has 0 saturated heterocycles. The number of phenols is 1. The fourth-order valence-electron chi connectivity index (χ4n) is 4.23. The molecule has 2 aliphatic rings. The minimum Gasteiger partial charge on any atom is -0.508 e. The predicted octanol–water partition coefficient (Wildman–Crippen LogP) is 3.41. The van der Waals surface area contributed by atoms with Gasteiger partial charge >= 0.3 is 0 Å². The molecular formula is C22H20N4O3. The van der Waals surface area contributed by atoms with E-state index in [0.717, 1.165) is 34.6 Å². The molecule has 0 unspecified atom stereocenters. The summed E-state index contributed by atoms with van der Waals surface area (Å²) in [6.45, 7) is 0. The summed E-state index contributed by atoms with van der Waals surface area (Å²) in [5, 5.41) is 17.3. The second kappa shape index (κ2) is 6.77. The van der Waals surface area contributed by atoms with E-state index in [0.29, 0.717) is 12.4 Å². The van der Waals surface area contributed by atoms with Gasteiger partial charge in [0.1, 0.15) is 23.9 Å². The van der Waals surface area contributed by atoms with Crippen LogP contribution in [0.4, 0.5) is 5.95 Å². The smallest absolute Gasteiger partial charge is 0.226 e. The highest BCUT2D eigenvalue weighted by Gasteiger charge is 2.39. The van der Waals surface area contributed by atoms with E-state index in [9.17, 15) is 9.90 Å². The molecule has 29 heavy (non-hydrogen) atoms. The van der Waals surface area contributed by atoms with Crippen LogP contribution in [0.3, 0.4) is 0 Å². The second-order valence-electron chi connectivity index (χ2n) is 7.34. The van der Waals surface area contributed by atoms with Gasteiger partial charge in [0.05, 0.1) is 7.11 Å². The Morgan fingerprint density at radius 2 is 1.79 bits per heavy atom. The molecule has 7 nitrogen and oxygen atoms in total. The van der Waals surface area contributed by atoms with Gasteiger partial charge in [-0.15, -0.1) is 0 Å². The van der Waals surface area contributed by atoms with Crippen molar-refractivity contribution in [1.29, 1.82) is 0 Å². The van der Waals surface area contributed by atoms with Gasteiger partial charge in [-0.1, -0.05) is 24.3 Å². The van der Waals surface area contributed by atoms with Crippen molar-refractivity contribution in [2.45, 2.75) is 24.8 Å². The monoisotopic (exact) mass is 388 g/mol. The minimum absolute atomic E-state index is 0.0922. The Labute approximate surface area is 167 Å². The maximum atomic E-state index is 13.3. The Morgan fingerprint density at radius 3 is 2.52 bits per heavy atom. The molecule has 5 rings (SSSR count). The summed E-state index contributed by atoms with van der Waals surface area (Å²) >= 11 is 0. The van der Waals surface area contributed by atoms with Crippen LogP contribution in [0.25, 0.3) is 0 Å². The Morgan fingerprint density at radius 1 is 1.07 bits per heavy atom. The van der Waals surface area contributed by atoms with Crippen LogP contribution in [0.2, 0.25) is 0 Å². The van der Waals surface area contributed by atoms with Crippen LogP contribution in [-0.4, -0.2) is 32.8 Å². The average Bonchev–Trinajstić information content (AvgIpc) is 3.21. The molecule has 0 saturated carbocycles. The molecule has 2 atom stereocenters. The van der Waals surface area contributed by atoms with E-state index in [1.807, 2.05) is 36.4 Å². The normalized spacial score (nSPS) is 20.7. The number of methoxy groups -OCH3 is 1. The third kappa shape index (κ3) is 2.95. The second-order valence-corrected chi connectivity index (χ2v) is 7.34. The number of anilines is 1. The number of ketones is 1. The van der Waals surface area contributed by atoms with E-state index < -0.39 is 0 Å². The molecule has 0 fully saturated rings. The summed E-state index contributed by atoms with van der Waals surface area (Å²) in [7, 11) is 1.64. The van der Waals surface area contributed by atoms with Crippen molar-refractivity contribution in [3.63, 3.8) is 0 Å². The third-order valence-electron chi connectivity index (χ3n) is 5.66. The highest BCUT2D eigenvalue weighted by molar-refractivity contribution is 6.00. The fraction of sp³-hybridized carbons (Fsp3) is 0.227. The standard InChI is InChI=1S/C22H20N4O3/c1-29-17-8-4-13(5-9-17)15-10-18-20(19(28)11-15)21(14-2-6-16(27)7-3-14)26-22(25-18)23-12-24-26/h2-9,12,15,21,27H,10-11H2,1H3,(H,23,24,25)/t15-,21+/m0/s1. The number of fused-ring (bicyclic) bond motifs is 1. The van der Waals surface area contributed by atoms with Gasteiger partial charge in [0.25, 0.3) is 0 Å². The number of aromatic nitrogens is 3. The summed E-state index contributed by atoms with van der Waals surface area (Å²) in [6, 6.07) is 14.4. The zero-order valence-corrected chi connectivity index (χ0v) is 15.9. The van der Waals surface area contributed by atoms with E-state index in [1.54, 1.807) is 23.9 Å². The number of phenolic OH excluding ortho intramolecular Hbond substituents is 1. The summed E-state index contributed by atoms with van der Waals surface area (Å²) in [6.07, 6.45) is 2.64. The van der Waals surface area contributed by atoms with Gasteiger partial charge in [-0.3, -0.25) is 4.79 Å². The molecule has 7 heteroatoms. The molecule has 1 aliphatic carbocycles. The van der Waals surface area contributed by atoms with Crippen LogP contribution in [0.5, 0.6) is 11.5 Å². The van der Waals surface area contributed by atoms with Gasteiger partial charge in [-0.2, -0.15) is 10.1 Å². The number of carbonyl (C=O) groups is 1. The topological polar surface area (TPSA) is 89.3 Å². The third-order valence-corrected chi connectivity index (χ3v) is 5.66. The summed E-state index contributed by atoms with van der Waals surface area (Å²) in [4.78, 5) is 17.6. The molecule has 1 aliphatic heterocycles. The average molecular weight is 388 g/mol. The number of nitrogens with one attached hydrogen (secondary N) is 1. The Balaban J connectivity index is 1.55. The van der Waals surface area contributed by atoms with Gasteiger partial charge in [0, 0.05) is 17.7 Å². The molecule has 1 aromatic heterocycles. The minimum atomic E-state index is -0.353. The summed E-state index contributed by atoms with van der Waals surface area (Å²) in [5.74, 6) is 1.79. The van der Waals surface area contributed by atoms with Crippen molar-refractivity contribution < 1.29 is 14.6 Å². The zero-order valence-electron chi connectivity index (χ0n) is 15.9. The quantitative estimate of drug-likeness (QED) is 0.715. The number of carbonyl (C=O) groups excluding carboxylic acids is 1. The number of allylic oxidation sites excluding steroid dienone is 2. The first-order chi connectivity index (χ1) is 14.1. The number of rotatable bonds is 3. The number of Topliss-reactive ketones (excluding diaryl/α,β-unsaturated/α-hetero) is 1. The van der Waals surface area contributed by atoms with E-state index in [1.165, 1.54) is 6.33 Å². The molecule has 3 aromatic rings. The van der Waals surface area contributed by atoms with Gasteiger partial charge in [-0.25, -0.2) is 4.68 Å². The lowest BCUT2D eigenvalue weighted by Gasteiger charge is -2.35. The van der Waals surface area contributed by atoms with Crippen LogP contribution < -0.4 is 10.1 Å². The molecule has 0 bridgehead atoms. The Kier molecular flexibility index (Phi) is 4.08. The summed E-state index contributed by atoms with van der Waals surface area (Å²) in [5.41, 5.74) is 3.61. The predicted molar refractivity (Wildman–Crippen MR) is 107 cm³/mol. The Hall–Kier alpha value is -3.61. The first-order valence-corrected chi connectivity index (χ1v) is 9.49. The fourth-order valence-corrected chi connectivity index (χ4v) is 4.23. The van der Waals surface area contributed by atoms with E-state index in [4.69, 9.17) is 4.74 Å². The number of nitrogens with zero attached hydrogens (tertiary/aromatic N) is 3. The lowest BCUT2D eigenvalue weighted by Crippen LogP contribution is -2.33. The number of hydrogen-bond acceptors (Lipinski definition) is 6. The number of benzene rings is 2. The maximum Gasteiger partial charge on any atom is 0.226 e. The molecule has 0 spiro atoms. The van der Waals surface area contributed by atoms with Crippen molar-refractivity contribution in [3.05, 3.63) is 77.3 Å². The zero-order chi connectivity index (χ0) is 20.0. The SMILES string of the molecule is COc1ccc([C@@H]2CC(=O)C3=C(C2)Nc2ncnn2[C@@H]3c2ccc(O)cc2)cc1. The summed E-state index contributed by atoms with van der Waals surface area (Å²) < 4.78 is 6.97. The molecule has 146 valence electrons. The van der Waals surface area contributed by atoms with Gasteiger partial charge in [0.2, 0.25) is 5.95 Å².